The van der Waals surface area contributed by atoms with Crippen LogP contribution in [0.5, 0.6) is 0 Å². The van der Waals surface area contributed by atoms with Gasteiger partial charge in [-0.25, -0.2) is 4.79 Å². The summed E-state index contributed by atoms with van der Waals surface area (Å²) in [5, 5.41) is 23.1. The molecule has 1 aromatic carbocycles. The second-order valence-electron chi connectivity index (χ2n) is 6.95. The Kier molecular flexibility index (Phi) is 4.36. The first-order chi connectivity index (χ1) is 11.8. The molecule has 1 saturated carbocycles. The number of carbonyl (C=O) groups is 2. The summed E-state index contributed by atoms with van der Waals surface area (Å²) in [7, 11) is 0. The normalized spacial score (nSPS) is 26.1. The van der Waals surface area contributed by atoms with Crippen LogP contribution < -0.4 is 5.32 Å². The van der Waals surface area contributed by atoms with Crippen LogP contribution in [0.1, 0.15) is 37.8 Å². The maximum absolute atomic E-state index is 12.5. The quantitative estimate of drug-likeness (QED) is 0.642. The van der Waals surface area contributed by atoms with Crippen molar-refractivity contribution in [2.75, 3.05) is 13.1 Å². The molecule has 3 rings (SSSR count). The summed E-state index contributed by atoms with van der Waals surface area (Å²) in [6, 6.07) is 5.41. The van der Waals surface area contributed by atoms with E-state index in [0.717, 1.165) is 18.4 Å². The predicted octanol–water partition coefficient (Wildman–Crippen LogP) is 2.55. The Morgan fingerprint density at radius 3 is 2.64 bits per heavy atom. The SMILES string of the molecule is C[C@H](NC(=O)N1C[C@@H]2CCC[C@@]2(C(=O)O)C1)c1ccc([N+](=O)[O-])cc1. The second-order valence-corrected chi connectivity index (χ2v) is 6.95. The van der Waals surface area contributed by atoms with Gasteiger partial charge in [0.05, 0.1) is 16.4 Å². The number of benzene rings is 1. The number of urea groups is 1. The summed E-state index contributed by atoms with van der Waals surface area (Å²) < 4.78 is 0. The number of non-ortho nitro benzene ring substituents is 1. The fourth-order valence-electron chi connectivity index (χ4n) is 4.04. The molecule has 1 aliphatic carbocycles. The molecule has 0 aromatic heterocycles. The number of carboxylic acids is 1. The van der Waals surface area contributed by atoms with Gasteiger partial charge in [0.25, 0.3) is 5.69 Å². The highest BCUT2D eigenvalue weighted by molar-refractivity contribution is 5.80. The van der Waals surface area contributed by atoms with Crippen LogP contribution in [0.4, 0.5) is 10.5 Å². The highest BCUT2D eigenvalue weighted by Crippen LogP contribution is 2.48. The minimum Gasteiger partial charge on any atom is -0.481 e. The average Bonchev–Trinajstić information content (AvgIpc) is 3.13. The molecule has 1 saturated heterocycles. The van der Waals surface area contributed by atoms with Crippen LogP contribution in [0.3, 0.4) is 0 Å². The molecule has 1 aliphatic heterocycles. The van der Waals surface area contributed by atoms with E-state index in [1.54, 1.807) is 24.0 Å². The third-order valence-electron chi connectivity index (χ3n) is 5.53. The lowest BCUT2D eigenvalue weighted by molar-refractivity contribution is -0.384. The molecule has 1 aromatic rings. The summed E-state index contributed by atoms with van der Waals surface area (Å²) in [6.07, 6.45) is 2.36. The third-order valence-corrected chi connectivity index (χ3v) is 5.53. The van der Waals surface area contributed by atoms with E-state index in [4.69, 9.17) is 0 Å². The van der Waals surface area contributed by atoms with Gasteiger partial charge in [0.15, 0.2) is 0 Å². The average molecular weight is 347 g/mol. The van der Waals surface area contributed by atoms with Crippen molar-refractivity contribution in [2.45, 2.75) is 32.2 Å². The molecule has 2 aliphatic rings. The summed E-state index contributed by atoms with van der Waals surface area (Å²) in [6.45, 7) is 2.50. The number of rotatable bonds is 4. The number of nitro groups is 1. The van der Waals surface area contributed by atoms with E-state index in [-0.39, 0.29) is 30.2 Å². The van der Waals surface area contributed by atoms with Gasteiger partial charge in [0.1, 0.15) is 0 Å². The molecule has 134 valence electrons. The Morgan fingerprint density at radius 2 is 2.08 bits per heavy atom. The molecule has 0 unspecified atom stereocenters. The largest absolute Gasteiger partial charge is 0.481 e. The number of carboxylic acid groups (broad SMARTS) is 1. The van der Waals surface area contributed by atoms with Gasteiger partial charge in [-0.1, -0.05) is 18.6 Å². The molecule has 2 N–H and O–H groups in total. The zero-order valence-corrected chi connectivity index (χ0v) is 14.0. The molecule has 0 radical (unpaired) electrons. The van der Waals surface area contributed by atoms with Gasteiger partial charge in [-0.15, -0.1) is 0 Å². The van der Waals surface area contributed by atoms with Gasteiger partial charge < -0.3 is 15.3 Å². The first-order valence-electron chi connectivity index (χ1n) is 8.37. The monoisotopic (exact) mass is 347 g/mol. The van der Waals surface area contributed by atoms with Crippen molar-refractivity contribution in [1.82, 2.24) is 10.2 Å². The number of fused-ring (bicyclic) bond motifs is 1. The molecule has 25 heavy (non-hydrogen) atoms. The summed E-state index contributed by atoms with van der Waals surface area (Å²) in [5.74, 6) is -0.792. The molecular weight excluding hydrogens is 326 g/mol. The molecule has 2 amide bonds. The fourth-order valence-corrected chi connectivity index (χ4v) is 4.04. The topological polar surface area (TPSA) is 113 Å². The molecular formula is C17H21N3O5. The van der Waals surface area contributed by atoms with E-state index in [2.05, 4.69) is 5.32 Å². The number of amides is 2. The van der Waals surface area contributed by atoms with E-state index in [9.17, 15) is 24.8 Å². The molecule has 1 heterocycles. The predicted molar refractivity (Wildman–Crippen MR) is 89.0 cm³/mol. The Hall–Kier alpha value is -2.64. The molecule has 8 nitrogen and oxygen atoms in total. The number of hydrogen-bond donors (Lipinski definition) is 2. The number of nitrogens with zero attached hydrogens (tertiary/aromatic N) is 2. The van der Waals surface area contributed by atoms with Crippen LogP contribution in [0.2, 0.25) is 0 Å². The van der Waals surface area contributed by atoms with Crippen LogP contribution in [0.25, 0.3) is 0 Å². The summed E-state index contributed by atoms with van der Waals surface area (Å²) in [4.78, 5) is 36.0. The van der Waals surface area contributed by atoms with Gasteiger partial charge in [0, 0.05) is 25.2 Å². The van der Waals surface area contributed by atoms with Crippen molar-refractivity contribution in [3.63, 3.8) is 0 Å². The first-order valence-corrected chi connectivity index (χ1v) is 8.37. The van der Waals surface area contributed by atoms with Crippen LogP contribution in [-0.4, -0.2) is 40.0 Å². The minimum absolute atomic E-state index is 0.00181. The first kappa shape index (κ1) is 17.2. The van der Waals surface area contributed by atoms with Crippen LogP contribution >= 0.6 is 0 Å². The minimum atomic E-state index is -0.811. The Morgan fingerprint density at radius 1 is 1.40 bits per heavy atom. The number of nitrogens with one attached hydrogen (secondary N) is 1. The van der Waals surface area contributed by atoms with Gasteiger partial charge >= 0.3 is 12.0 Å². The lowest BCUT2D eigenvalue weighted by atomic mass is 9.81. The smallest absolute Gasteiger partial charge is 0.317 e. The van der Waals surface area contributed by atoms with E-state index < -0.39 is 16.3 Å². The number of carbonyl (C=O) groups excluding carboxylic acids is 1. The Labute approximate surface area is 145 Å². The number of likely N-dealkylation sites (tertiary alicyclic amines) is 1. The van der Waals surface area contributed by atoms with Gasteiger partial charge in [0.2, 0.25) is 0 Å². The van der Waals surface area contributed by atoms with Crippen molar-refractivity contribution in [3.05, 3.63) is 39.9 Å². The van der Waals surface area contributed by atoms with Crippen molar-refractivity contribution in [2.24, 2.45) is 11.3 Å². The number of nitro benzene ring substituents is 1. The zero-order valence-electron chi connectivity index (χ0n) is 14.0. The second kappa shape index (κ2) is 6.34. The Balaban J connectivity index is 1.64. The van der Waals surface area contributed by atoms with Crippen molar-refractivity contribution in [3.8, 4) is 0 Å². The summed E-state index contributed by atoms with van der Waals surface area (Å²) >= 11 is 0. The number of hydrogen-bond acceptors (Lipinski definition) is 4. The lowest BCUT2D eigenvalue weighted by Gasteiger charge is -2.24. The highest BCUT2D eigenvalue weighted by Gasteiger charge is 2.55. The van der Waals surface area contributed by atoms with E-state index in [1.807, 2.05) is 0 Å². The van der Waals surface area contributed by atoms with Crippen molar-refractivity contribution in [1.29, 1.82) is 0 Å². The fraction of sp³-hybridized carbons (Fsp3) is 0.529. The standard InChI is InChI=1S/C17H21N3O5/c1-11(12-4-6-14(7-5-12)20(24)25)18-16(23)19-9-13-3-2-8-17(13,10-19)15(21)22/h4-7,11,13H,2-3,8-10H2,1H3,(H,18,23)(H,21,22)/t11-,13-,17+/m0/s1. The van der Waals surface area contributed by atoms with Gasteiger partial charge in [-0.3, -0.25) is 14.9 Å². The van der Waals surface area contributed by atoms with Crippen LogP contribution in [-0.2, 0) is 4.79 Å². The molecule has 0 spiro atoms. The van der Waals surface area contributed by atoms with Crippen LogP contribution in [0.15, 0.2) is 24.3 Å². The molecule has 3 atom stereocenters. The number of aliphatic carboxylic acids is 1. The van der Waals surface area contributed by atoms with Crippen molar-refractivity contribution < 1.29 is 19.6 Å². The van der Waals surface area contributed by atoms with E-state index in [0.29, 0.717) is 13.0 Å². The van der Waals surface area contributed by atoms with Crippen LogP contribution in [0, 0.1) is 21.4 Å². The van der Waals surface area contributed by atoms with E-state index in [1.165, 1.54) is 12.1 Å². The third kappa shape index (κ3) is 3.04. The zero-order chi connectivity index (χ0) is 18.2. The van der Waals surface area contributed by atoms with Gasteiger partial charge in [-0.2, -0.15) is 0 Å². The van der Waals surface area contributed by atoms with Crippen molar-refractivity contribution >= 4 is 17.7 Å². The summed E-state index contributed by atoms with van der Waals surface area (Å²) in [5.41, 5.74) is -0.0437. The van der Waals surface area contributed by atoms with Gasteiger partial charge in [-0.05, 0) is 31.2 Å². The highest BCUT2D eigenvalue weighted by atomic mass is 16.6. The molecule has 8 heteroatoms. The van der Waals surface area contributed by atoms with E-state index >= 15 is 0 Å². The lowest BCUT2D eigenvalue weighted by Crippen LogP contribution is -2.42. The molecule has 0 bridgehead atoms. The molecule has 2 fully saturated rings. The maximum Gasteiger partial charge on any atom is 0.317 e. The maximum atomic E-state index is 12.5. The Bertz CT molecular complexity index is 705.